The van der Waals surface area contributed by atoms with Crippen molar-refractivity contribution >= 4 is 18.1 Å². The summed E-state index contributed by atoms with van der Waals surface area (Å²) in [5, 5.41) is 0. The summed E-state index contributed by atoms with van der Waals surface area (Å²) in [6, 6.07) is 8.12. The SMILES string of the molecule is CN(Cc1cccc(C(F)(F)F)c1)C(=O)c1ccc[nH]c1=S. The summed E-state index contributed by atoms with van der Waals surface area (Å²) in [4.78, 5) is 16.3. The summed E-state index contributed by atoms with van der Waals surface area (Å²) >= 11 is 5.03. The van der Waals surface area contributed by atoms with Gasteiger partial charge in [-0.2, -0.15) is 13.2 Å². The van der Waals surface area contributed by atoms with Crippen molar-refractivity contribution in [3.8, 4) is 0 Å². The molecule has 0 spiro atoms. The van der Waals surface area contributed by atoms with Gasteiger partial charge in [0.1, 0.15) is 4.64 Å². The van der Waals surface area contributed by atoms with E-state index in [2.05, 4.69) is 4.98 Å². The van der Waals surface area contributed by atoms with E-state index < -0.39 is 11.7 Å². The minimum absolute atomic E-state index is 0.0619. The highest BCUT2D eigenvalue weighted by atomic mass is 32.1. The Morgan fingerprint density at radius 1 is 1.27 bits per heavy atom. The Hall–Kier alpha value is -2.15. The van der Waals surface area contributed by atoms with Crippen LogP contribution in [0.15, 0.2) is 42.6 Å². The maximum atomic E-state index is 12.7. The Morgan fingerprint density at radius 2 is 2.00 bits per heavy atom. The summed E-state index contributed by atoms with van der Waals surface area (Å²) in [5.41, 5.74) is -0.0219. The number of nitrogens with one attached hydrogen (secondary N) is 1. The molecule has 3 nitrogen and oxygen atoms in total. The second-order valence-corrected chi connectivity index (χ2v) is 5.18. The molecule has 116 valence electrons. The third-order valence-electron chi connectivity index (χ3n) is 3.07. The Labute approximate surface area is 130 Å². The highest BCUT2D eigenvalue weighted by Crippen LogP contribution is 2.29. The van der Waals surface area contributed by atoms with Crippen LogP contribution in [0.25, 0.3) is 0 Å². The van der Waals surface area contributed by atoms with Crippen LogP contribution in [0.1, 0.15) is 21.5 Å². The molecule has 7 heteroatoms. The van der Waals surface area contributed by atoms with Crippen LogP contribution in [0.5, 0.6) is 0 Å². The summed E-state index contributed by atoms with van der Waals surface area (Å²) in [5.74, 6) is -0.348. The quantitative estimate of drug-likeness (QED) is 0.864. The van der Waals surface area contributed by atoms with Crippen LogP contribution in [0.3, 0.4) is 0 Å². The molecular weight excluding hydrogens is 313 g/mol. The first-order valence-corrected chi connectivity index (χ1v) is 6.79. The molecule has 0 aliphatic rings. The van der Waals surface area contributed by atoms with Gasteiger partial charge in [-0.1, -0.05) is 24.4 Å². The minimum Gasteiger partial charge on any atom is -0.352 e. The van der Waals surface area contributed by atoms with Gasteiger partial charge in [0.15, 0.2) is 0 Å². The molecule has 0 aliphatic carbocycles. The van der Waals surface area contributed by atoms with Crippen LogP contribution < -0.4 is 0 Å². The average Bonchev–Trinajstić information content (AvgIpc) is 2.46. The lowest BCUT2D eigenvalue weighted by atomic mass is 10.1. The van der Waals surface area contributed by atoms with E-state index in [1.165, 1.54) is 18.0 Å². The van der Waals surface area contributed by atoms with Crippen LogP contribution in [0.2, 0.25) is 0 Å². The number of rotatable bonds is 3. The van der Waals surface area contributed by atoms with Gasteiger partial charge in [0.05, 0.1) is 11.1 Å². The lowest BCUT2D eigenvalue weighted by Gasteiger charge is -2.18. The first kappa shape index (κ1) is 16.2. The highest BCUT2D eigenvalue weighted by Gasteiger charge is 2.30. The molecule has 0 radical (unpaired) electrons. The molecule has 2 aromatic rings. The molecule has 0 atom stereocenters. The zero-order valence-electron chi connectivity index (χ0n) is 11.6. The van der Waals surface area contributed by atoms with Crippen LogP contribution in [0.4, 0.5) is 13.2 Å². The van der Waals surface area contributed by atoms with E-state index in [9.17, 15) is 18.0 Å². The number of pyridine rings is 1. The third kappa shape index (κ3) is 3.73. The molecule has 0 unspecified atom stereocenters. The Balaban J connectivity index is 2.19. The van der Waals surface area contributed by atoms with Gasteiger partial charge in [0.2, 0.25) is 0 Å². The topological polar surface area (TPSA) is 36.1 Å². The molecular formula is C15H13F3N2OS. The van der Waals surface area contributed by atoms with Gasteiger partial charge in [0.25, 0.3) is 5.91 Å². The second-order valence-electron chi connectivity index (χ2n) is 4.77. The van der Waals surface area contributed by atoms with Gasteiger partial charge < -0.3 is 9.88 Å². The normalized spacial score (nSPS) is 11.3. The number of carbonyl (C=O) groups is 1. The fraction of sp³-hybridized carbons (Fsp3) is 0.200. The van der Waals surface area contributed by atoms with Gasteiger partial charge >= 0.3 is 6.18 Å². The molecule has 1 aromatic carbocycles. The van der Waals surface area contributed by atoms with Gasteiger partial charge in [-0.3, -0.25) is 4.79 Å². The number of amides is 1. The number of halogens is 3. The first-order chi connectivity index (χ1) is 10.3. The standard InChI is InChI=1S/C15H13F3N2OS/c1-20(14(21)12-6-3-7-19-13(12)22)9-10-4-2-5-11(8-10)15(16,17)18/h2-8H,9H2,1H3,(H,19,22). The Morgan fingerprint density at radius 3 is 2.64 bits per heavy atom. The number of hydrogen-bond acceptors (Lipinski definition) is 2. The predicted molar refractivity (Wildman–Crippen MR) is 78.9 cm³/mol. The van der Waals surface area contributed by atoms with E-state index in [1.807, 2.05) is 0 Å². The maximum absolute atomic E-state index is 12.7. The van der Waals surface area contributed by atoms with Crippen molar-refractivity contribution in [1.29, 1.82) is 0 Å². The summed E-state index contributed by atoms with van der Waals surface area (Å²) < 4.78 is 38.3. The van der Waals surface area contributed by atoms with E-state index in [1.54, 1.807) is 24.4 Å². The van der Waals surface area contributed by atoms with Crippen molar-refractivity contribution in [2.24, 2.45) is 0 Å². The number of benzene rings is 1. The third-order valence-corrected chi connectivity index (χ3v) is 3.41. The van der Waals surface area contributed by atoms with Crippen molar-refractivity contribution in [1.82, 2.24) is 9.88 Å². The van der Waals surface area contributed by atoms with Gasteiger partial charge in [-0.25, -0.2) is 0 Å². The van der Waals surface area contributed by atoms with Crippen molar-refractivity contribution in [2.45, 2.75) is 12.7 Å². The van der Waals surface area contributed by atoms with E-state index in [0.29, 0.717) is 15.8 Å². The molecule has 22 heavy (non-hydrogen) atoms. The average molecular weight is 326 g/mol. The van der Waals surface area contributed by atoms with Crippen molar-refractivity contribution in [3.63, 3.8) is 0 Å². The number of H-pyrrole nitrogens is 1. The zero-order valence-corrected chi connectivity index (χ0v) is 12.5. The first-order valence-electron chi connectivity index (χ1n) is 6.38. The fourth-order valence-corrected chi connectivity index (χ4v) is 2.21. The number of nitrogens with zero attached hydrogens (tertiary/aromatic N) is 1. The Bertz CT molecular complexity index is 740. The van der Waals surface area contributed by atoms with Crippen LogP contribution in [-0.4, -0.2) is 22.8 Å². The van der Waals surface area contributed by atoms with E-state index in [0.717, 1.165) is 12.1 Å². The predicted octanol–water partition coefficient (Wildman–Crippen LogP) is 4.04. The lowest BCUT2D eigenvalue weighted by Crippen LogP contribution is -2.26. The van der Waals surface area contributed by atoms with Gasteiger partial charge in [-0.05, 0) is 29.8 Å². The smallest absolute Gasteiger partial charge is 0.352 e. The molecule has 0 saturated carbocycles. The fourth-order valence-electron chi connectivity index (χ4n) is 1.99. The van der Waals surface area contributed by atoms with E-state index >= 15 is 0 Å². The largest absolute Gasteiger partial charge is 0.416 e. The van der Waals surface area contributed by atoms with Crippen LogP contribution in [0, 0.1) is 4.64 Å². The van der Waals surface area contributed by atoms with Crippen LogP contribution in [-0.2, 0) is 12.7 Å². The lowest BCUT2D eigenvalue weighted by molar-refractivity contribution is -0.137. The van der Waals surface area contributed by atoms with Crippen molar-refractivity contribution in [2.75, 3.05) is 7.05 Å². The van der Waals surface area contributed by atoms with Crippen LogP contribution >= 0.6 is 12.2 Å². The molecule has 0 aliphatic heterocycles. The molecule has 1 N–H and O–H groups in total. The maximum Gasteiger partial charge on any atom is 0.416 e. The highest BCUT2D eigenvalue weighted by molar-refractivity contribution is 7.71. The molecule has 1 amide bonds. The van der Waals surface area contributed by atoms with Crippen molar-refractivity contribution in [3.05, 3.63) is 63.9 Å². The van der Waals surface area contributed by atoms with Gasteiger partial charge in [-0.15, -0.1) is 0 Å². The van der Waals surface area contributed by atoms with E-state index in [-0.39, 0.29) is 12.5 Å². The van der Waals surface area contributed by atoms with E-state index in [4.69, 9.17) is 12.2 Å². The molecule has 0 fully saturated rings. The van der Waals surface area contributed by atoms with Gasteiger partial charge in [0, 0.05) is 19.8 Å². The summed E-state index contributed by atoms with van der Waals surface area (Å²) in [6.07, 6.45) is -2.80. The number of aromatic nitrogens is 1. The molecule has 2 rings (SSSR count). The second kappa shape index (κ2) is 6.31. The Kier molecular flexibility index (Phi) is 4.65. The molecule has 0 bridgehead atoms. The summed E-state index contributed by atoms with van der Waals surface area (Å²) in [7, 11) is 1.52. The monoisotopic (exact) mass is 326 g/mol. The summed E-state index contributed by atoms with van der Waals surface area (Å²) in [6.45, 7) is 0.0619. The number of aromatic amines is 1. The molecule has 1 aromatic heterocycles. The zero-order chi connectivity index (χ0) is 16.3. The minimum atomic E-state index is -4.40. The number of hydrogen-bond donors (Lipinski definition) is 1. The molecule has 1 heterocycles. The number of carbonyl (C=O) groups excluding carboxylic acids is 1. The van der Waals surface area contributed by atoms with Crippen molar-refractivity contribution < 1.29 is 18.0 Å². The molecule has 0 saturated heterocycles. The number of alkyl halides is 3.